The highest BCUT2D eigenvalue weighted by Gasteiger charge is 2.12. The van der Waals surface area contributed by atoms with Gasteiger partial charge in [0.25, 0.3) is 5.91 Å². The number of hydrogen-bond donors (Lipinski definition) is 4. The summed E-state index contributed by atoms with van der Waals surface area (Å²) in [5.41, 5.74) is 11.2. The zero-order chi connectivity index (χ0) is 15.8. The van der Waals surface area contributed by atoms with Crippen molar-refractivity contribution < 1.29 is 19.5 Å². The van der Waals surface area contributed by atoms with E-state index in [4.69, 9.17) is 16.6 Å². The second kappa shape index (κ2) is 8.28. The molecule has 2 amide bonds. The van der Waals surface area contributed by atoms with Crippen LogP contribution in [-0.2, 0) is 9.59 Å². The van der Waals surface area contributed by atoms with Crippen LogP contribution in [0.3, 0.4) is 0 Å². The molecule has 0 spiro atoms. The van der Waals surface area contributed by atoms with E-state index < -0.39 is 17.9 Å². The van der Waals surface area contributed by atoms with Crippen LogP contribution in [0.1, 0.15) is 16.8 Å². The Hall–Kier alpha value is -2.06. The zero-order valence-corrected chi connectivity index (χ0v) is 12.1. The van der Waals surface area contributed by atoms with E-state index in [-0.39, 0.29) is 23.6 Å². The van der Waals surface area contributed by atoms with Crippen molar-refractivity contribution in [3.8, 4) is 0 Å². The van der Waals surface area contributed by atoms with Crippen LogP contribution in [0.4, 0.5) is 5.69 Å². The number of aliphatic carboxylic acids is 1. The Morgan fingerprint density at radius 1 is 1.29 bits per heavy atom. The van der Waals surface area contributed by atoms with E-state index in [0.29, 0.717) is 11.4 Å². The van der Waals surface area contributed by atoms with Gasteiger partial charge in [0.15, 0.2) is 0 Å². The van der Waals surface area contributed by atoms with E-state index in [1.165, 1.54) is 17.8 Å². The molecule has 6 N–H and O–H groups in total. The number of anilines is 1. The maximum absolute atomic E-state index is 11.7. The fourth-order valence-electron chi connectivity index (χ4n) is 1.49. The van der Waals surface area contributed by atoms with Gasteiger partial charge < -0.3 is 21.9 Å². The van der Waals surface area contributed by atoms with Crippen LogP contribution in [0.25, 0.3) is 0 Å². The van der Waals surface area contributed by atoms with E-state index in [1.54, 1.807) is 18.2 Å². The molecule has 0 aromatic heterocycles. The minimum absolute atomic E-state index is 0.138. The Labute approximate surface area is 126 Å². The maximum atomic E-state index is 11.7. The molecule has 0 aliphatic carbocycles. The molecule has 0 saturated heterocycles. The summed E-state index contributed by atoms with van der Waals surface area (Å²) in [6.07, 6.45) is 0.283. The lowest BCUT2D eigenvalue weighted by atomic mass is 10.1. The number of para-hydroxylation sites is 1. The molecule has 114 valence electrons. The molecule has 1 aromatic carbocycles. The minimum Gasteiger partial charge on any atom is -0.480 e. The Balaban J connectivity index is 2.41. The number of carbonyl (C=O) groups excluding carboxylic acids is 2. The SMILES string of the molecule is NC(=O)c1ccccc1NC(=O)CSCCC(N)C(=O)O. The third-order valence-corrected chi connectivity index (χ3v) is 3.58. The van der Waals surface area contributed by atoms with E-state index in [1.807, 2.05) is 0 Å². The van der Waals surface area contributed by atoms with Crippen LogP contribution >= 0.6 is 11.8 Å². The molecule has 0 aliphatic heterocycles. The first-order valence-corrected chi connectivity index (χ1v) is 7.32. The molecule has 1 aromatic rings. The van der Waals surface area contributed by atoms with E-state index >= 15 is 0 Å². The predicted molar refractivity (Wildman–Crippen MR) is 81.1 cm³/mol. The minimum atomic E-state index is -1.06. The number of primary amides is 1. The number of hydrogen-bond acceptors (Lipinski definition) is 5. The second-order valence-corrected chi connectivity index (χ2v) is 5.35. The first-order valence-electron chi connectivity index (χ1n) is 6.16. The van der Waals surface area contributed by atoms with Crippen molar-refractivity contribution in [2.75, 3.05) is 16.8 Å². The van der Waals surface area contributed by atoms with E-state index in [2.05, 4.69) is 5.32 Å². The molecule has 21 heavy (non-hydrogen) atoms. The van der Waals surface area contributed by atoms with Gasteiger partial charge in [-0.1, -0.05) is 12.1 Å². The van der Waals surface area contributed by atoms with Crippen molar-refractivity contribution >= 4 is 35.2 Å². The predicted octanol–water partition coefficient (Wildman–Crippen LogP) is 0.259. The van der Waals surface area contributed by atoms with Crippen molar-refractivity contribution in [2.45, 2.75) is 12.5 Å². The van der Waals surface area contributed by atoms with Crippen LogP contribution < -0.4 is 16.8 Å². The molecule has 1 unspecified atom stereocenters. The second-order valence-electron chi connectivity index (χ2n) is 4.24. The number of carbonyl (C=O) groups is 3. The van der Waals surface area contributed by atoms with Crippen molar-refractivity contribution in [1.82, 2.24) is 0 Å². The number of carboxylic acid groups (broad SMARTS) is 1. The number of nitrogens with one attached hydrogen (secondary N) is 1. The maximum Gasteiger partial charge on any atom is 0.320 e. The summed E-state index contributed by atoms with van der Waals surface area (Å²) in [6, 6.07) is 5.52. The Morgan fingerprint density at radius 2 is 1.95 bits per heavy atom. The van der Waals surface area contributed by atoms with Gasteiger partial charge in [0.1, 0.15) is 6.04 Å². The first kappa shape index (κ1) is 17.0. The Morgan fingerprint density at radius 3 is 2.57 bits per heavy atom. The zero-order valence-electron chi connectivity index (χ0n) is 11.2. The summed E-state index contributed by atoms with van der Waals surface area (Å²) in [7, 11) is 0. The molecule has 1 atom stereocenters. The fourth-order valence-corrected chi connectivity index (χ4v) is 2.31. The van der Waals surface area contributed by atoms with Gasteiger partial charge in [-0.15, -0.1) is 0 Å². The molecular weight excluding hydrogens is 294 g/mol. The van der Waals surface area contributed by atoms with Gasteiger partial charge >= 0.3 is 5.97 Å². The van der Waals surface area contributed by atoms with Gasteiger partial charge in [0.05, 0.1) is 17.0 Å². The number of benzene rings is 1. The summed E-state index contributed by atoms with van der Waals surface area (Å²) in [5, 5.41) is 11.2. The number of amides is 2. The summed E-state index contributed by atoms with van der Waals surface area (Å²) in [4.78, 5) is 33.4. The van der Waals surface area contributed by atoms with Gasteiger partial charge in [0.2, 0.25) is 5.91 Å². The quantitative estimate of drug-likeness (QED) is 0.508. The lowest BCUT2D eigenvalue weighted by Crippen LogP contribution is -2.30. The summed E-state index contributed by atoms with van der Waals surface area (Å²) in [6.45, 7) is 0. The average Bonchev–Trinajstić information content (AvgIpc) is 2.43. The lowest BCUT2D eigenvalue weighted by molar-refractivity contribution is -0.138. The molecule has 0 bridgehead atoms. The van der Waals surface area contributed by atoms with Crippen LogP contribution in [0.15, 0.2) is 24.3 Å². The highest BCUT2D eigenvalue weighted by Crippen LogP contribution is 2.15. The first-order chi connectivity index (χ1) is 9.91. The van der Waals surface area contributed by atoms with Crippen LogP contribution in [0.5, 0.6) is 0 Å². The number of carboxylic acids is 1. The lowest BCUT2D eigenvalue weighted by Gasteiger charge is -2.09. The molecule has 8 heteroatoms. The molecule has 0 heterocycles. The normalized spacial score (nSPS) is 11.7. The van der Waals surface area contributed by atoms with E-state index in [9.17, 15) is 14.4 Å². The molecule has 7 nitrogen and oxygen atoms in total. The fraction of sp³-hybridized carbons (Fsp3) is 0.308. The number of rotatable bonds is 8. The van der Waals surface area contributed by atoms with Crippen LogP contribution in [0.2, 0.25) is 0 Å². The standard InChI is InChI=1S/C13H17N3O4S/c14-9(13(19)20)5-6-21-7-11(17)16-10-4-2-1-3-8(10)12(15)18/h1-4,9H,5-7,14H2,(H2,15,18)(H,16,17)(H,19,20). The third kappa shape index (κ3) is 5.84. The van der Waals surface area contributed by atoms with Gasteiger partial charge in [-0.3, -0.25) is 14.4 Å². The average molecular weight is 311 g/mol. The van der Waals surface area contributed by atoms with Crippen LogP contribution in [-0.4, -0.2) is 40.4 Å². The Bertz CT molecular complexity index is 536. The van der Waals surface area contributed by atoms with E-state index in [0.717, 1.165) is 0 Å². The third-order valence-electron chi connectivity index (χ3n) is 2.59. The van der Waals surface area contributed by atoms with Gasteiger partial charge in [-0.05, 0) is 24.3 Å². The van der Waals surface area contributed by atoms with Crippen molar-refractivity contribution in [3.63, 3.8) is 0 Å². The van der Waals surface area contributed by atoms with Gasteiger partial charge in [-0.2, -0.15) is 11.8 Å². The molecule has 0 fully saturated rings. The topological polar surface area (TPSA) is 136 Å². The van der Waals surface area contributed by atoms with Crippen molar-refractivity contribution in [1.29, 1.82) is 0 Å². The monoisotopic (exact) mass is 311 g/mol. The summed E-state index contributed by atoms with van der Waals surface area (Å²) >= 11 is 1.27. The largest absolute Gasteiger partial charge is 0.480 e. The van der Waals surface area contributed by atoms with Gasteiger partial charge in [0, 0.05) is 0 Å². The molecule has 0 radical (unpaired) electrons. The van der Waals surface area contributed by atoms with Crippen molar-refractivity contribution in [3.05, 3.63) is 29.8 Å². The molecule has 0 aliphatic rings. The molecule has 1 rings (SSSR count). The molecule has 0 saturated carbocycles. The highest BCUT2D eigenvalue weighted by molar-refractivity contribution is 7.99. The molecular formula is C13H17N3O4S. The van der Waals surface area contributed by atoms with Gasteiger partial charge in [-0.25, -0.2) is 0 Å². The van der Waals surface area contributed by atoms with Crippen LogP contribution in [0, 0.1) is 0 Å². The number of nitrogens with two attached hydrogens (primary N) is 2. The number of thioether (sulfide) groups is 1. The summed E-state index contributed by atoms with van der Waals surface area (Å²) < 4.78 is 0. The highest BCUT2D eigenvalue weighted by atomic mass is 32.2. The Kier molecular flexibility index (Phi) is 6.70. The summed E-state index contributed by atoms with van der Waals surface area (Å²) in [5.74, 6) is -1.38. The van der Waals surface area contributed by atoms with Crippen molar-refractivity contribution in [2.24, 2.45) is 11.5 Å². The smallest absolute Gasteiger partial charge is 0.320 e.